The van der Waals surface area contributed by atoms with Crippen LogP contribution in [0.25, 0.3) is 0 Å². The molecule has 0 aromatic carbocycles. The van der Waals surface area contributed by atoms with Crippen molar-refractivity contribution in [2.45, 2.75) is 99.8 Å². The molecular weight excluding hydrogens is 474 g/mol. The molecule has 1 N–H and O–H groups in total. The highest BCUT2D eigenvalue weighted by Gasteiger charge is 2.39. The van der Waals surface area contributed by atoms with Crippen LogP contribution >= 0.6 is 0 Å². The van der Waals surface area contributed by atoms with Crippen LogP contribution in [0, 0.1) is 17.3 Å². The Hall–Kier alpha value is -2.58. The fourth-order valence-corrected chi connectivity index (χ4v) is 4.23. The zero-order chi connectivity index (χ0) is 28.7. The van der Waals surface area contributed by atoms with E-state index in [0.29, 0.717) is 31.5 Å². The quantitative estimate of drug-likeness (QED) is 0.378. The molecule has 0 aromatic rings. The molecule has 1 saturated heterocycles. The molecule has 1 fully saturated rings. The van der Waals surface area contributed by atoms with Crippen molar-refractivity contribution in [3.05, 3.63) is 11.6 Å². The number of carbonyl (C=O) groups excluding carboxylic acids is 4. The predicted molar refractivity (Wildman–Crippen MR) is 144 cm³/mol. The van der Waals surface area contributed by atoms with E-state index in [1.807, 2.05) is 55.4 Å². The fraction of sp³-hybridized carbons (Fsp3) is 0.786. The molecular formula is C28H49N3O6. The molecule has 9 heteroatoms. The third kappa shape index (κ3) is 10.0. The molecule has 0 aliphatic carbocycles. The van der Waals surface area contributed by atoms with Crippen LogP contribution in [0.2, 0.25) is 0 Å². The highest BCUT2D eigenvalue weighted by molar-refractivity contribution is 5.90. The summed E-state index contributed by atoms with van der Waals surface area (Å²) in [6.07, 6.45) is 2.39. The van der Waals surface area contributed by atoms with Gasteiger partial charge in [-0.3, -0.25) is 9.59 Å². The molecule has 1 heterocycles. The number of hydrogen-bond acceptors (Lipinski definition) is 6. The second-order valence-electron chi connectivity index (χ2n) is 12.3. The molecule has 2 atom stereocenters. The summed E-state index contributed by atoms with van der Waals surface area (Å²) in [6, 6.07) is -1.11. The third-order valence-electron chi connectivity index (χ3n) is 6.41. The molecule has 9 nitrogen and oxygen atoms in total. The number of nitrogens with zero attached hydrogens (tertiary/aromatic N) is 2. The number of amides is 3. The summed E-state index contributed by atoms with van der Waals surface area (Å²) >= 11 is 0. The number of rotatable bonds is 8. The summed E-state index contributed by atoms with van der Waals surface area (Å²) in [5.74, 6) is -1.09. The summed E-state index contributed by atoms with van der Waals surface area (Å²) in [6.45, 7) is 19.7. The van der Waals surface area contributed by atoms with Crippen LogP contribution in [-0.4, -0.2) is 78.1 Å². The van der Waals surface area contributed by atoms with Crippen molar-refractivity contribution in [2.24, 2.45) is 17.3 Å². The Morgan fingerprint density at radius 2 is 1.59 bits per heavy atom. The fourth-order valence-electron chi connectivity index (χ4n) is 4.23. The molecule has 1 aliphatic rings. The Morgan fingerprint density at radius 1 is 1.05 bits per heavy atom. The van der Waals surface area contributed by atoms with E-state index in [1.165, 1.54) is 0 Å². The first-order chi connectivity index (χ1) is 16.9. The Labute approximate surface area is 223 Å². The Kier molecular flexibility index (Phi) is 11.7. The molecule has 0 radical (unpaired) electrons. The highest BCUT2D eigenvalue weighted by Crippen LogP contribution is 2.26. The Bertz CT molecular complexity index is 845. The SMILES string of the molecule is CCOC(=O)/C(C)=C/[C@H](C(C)C)N(C)C(=O)[C@@H](NC(=O)C1CCN(C(=O)OC(C)(C)C)CC1)C(C)(C)C. The van der Waals surface area contributed by atoms with Gasteiger partial charge >= 0.3 is 12.1 Å². The molecule has 37 heavy (non-hydrogen) atoms. The third-order valence-corrected chi connectivity index (χ3v) is 6.41. The van der Waals surface area contributed by atoms with Gasteiger partial charge in [0.1, 0.15) is 11.6 Å². The first-order valence-corrected chi connectivity index (χ1v) is 13.3. The number of likely N-dealkylation sites (N-methyl/N-ethyl adjacent to an activating group) is 1. The van der Waals surface area contributed by atoms with Gasteiger partial charge in [-0.15, -0.1) is 0 Å². The lowest BCUT2D eigenvalue weighted by molar-refractivity contribution is -0.141. The summed E-state index contributed by atoms with van der Waals surface area (Å²) < 4.78 is 10.5. The van der Waals surface area contributed by atoms with E-state index in [0.717, 1.165) is 0 Å². The van der Waals surface area contributed by atoms with Crippen molar-refractivity contribution in [3.8, 4) is 0 Å². The van der Waals surface area contributed by atoms with Crippen molar-refractivity contribution >= 4 is 23.9 Å². The minimum Gasteiger partial charge on any atom is -0.463 e. The zero-order valence-corrected chi connectivity index (χ0v) is 24.8. The van der Waals surface area contributed by atoms with E-state index < -0.39 is 23.0 Å². The molecule has 0 bridgehead atoms. The van der Waals surface area contributed by atoms with Crippen LogP contribution < -0.4 is 5.32 Å². The first-order valence-electron chi connectivity index (χ1n) is 13.3. The van der Waals surface area contributed by atoms with E-state index in [2.05, 4.69) is 5.32 Å². The molecule has 0 saturated carbocycles. The van der Waals surface area contributed by atoms with Crippen molar-refractivity contribution in [1.29, 1.82) is 0 Å². The van der Waals surface area contributed by atoms with E-state index in [1.54, 1.807) is 36.8 Å². The summed E-state index contributed by atoms with van der Waals surface area (Å²) in [7, 11) is 1.70. The number of carbonyl (C=O) groups is 4. The molecule has 212 valence electrons. The number of likely N-dealkylation sites (tertiary alicyclic amines) is 1. The maximum atomic E-state index is 13.7. The highest BCUT2D eigenvalue weighted by atomic mass is 16.6. The average Bonchev–Trinajstić information content (AvgIpc) is 2.77. The molecule has 3 amide bonds. The van der Waals surface area contributed by atoms with Crippen molar-refractivity contribution in [1.82, 2.24) is 15.1 Å². The van der Waals surface area contributed by atoms with Gasteiger partial charge in [0, 0.05) is 31.6 Å². The largest absolute Gasteiger partial charge is 0.463 e. The maximum Gasteiger partial charge on any atom is 0.410 e. The van der Waals surface area contributed by atoms with E-state index >= 15 is 0 Å². The van der Waals surface area contributed by atoms with Gasteiger partial charge in [0.25, 0.3) is 0 Å². The molecule has 1 rings (SSSR count). The van der Waals surface area contributed by atoms with E-state index in [-0.39, 0.29) is 42.4 Å². The minimum absolute atomic E-state index is 0.0341. The van der Waals surface area contributed by atoms with Gasteiger partial charge in [0.2, 0.25) is 11.8 Å². The van der Waals surface area contributed by atoms with Crippen molar-refractivity contribution in [3.63, 3.8) is 0 Å². The van der Waals surface area contributed by atoms with Gasteiger partial charge in [-0.1, -0.05) is 40.7 Å². The van der Waals surface area contributed by atoms with Crippen LogP contribution in [0.5, 0.6) is 0 Å². The average molecular weight is 524 g/mol. The van der Waals surface area contributed by atoms with Crippen molar-refractivity contribution < 1.29 is 28.7 Å². The maximum absolute atomic E-state index is 13.7. The van der Waals surface area contributed by atoms with Gasteiger partial charge in [-0.2, -0.15) is 0 Å². The van der Waals surface area contributed by atoms with Crippen LogP contribution in [0.1, 0.15) is 82.1 Å². The summed E-state index contributed by atoms with van der Waals surface area (Å²) in [5, 5.41) is 3.00. The number of nitrogens with one attached hydrogen (secondary N) is 1. The topological polar surface area (TPSA) is 105 Å². The number of hydrogen-bond donors (Lipinski definition) is 1. The van der Waals surface area contributed by atoms with Crippen LogP contribution in [0.15, 0.2) is 11.6 Å². The van der Waals surface area contributed by atoms with Gasteiger partial charge in [0.15, 0.2) is 0 Å². The molecule has 0 spiro atoms. The summed E-state index contributed by atoms with van der Waals surface area (Å²) in [5.41, 5.74) is -0.678. The molecule has 0 unspecified atom stereocenters. The summed E-state index contributed by atoms with van der Waals surface area (Å²) in [4.78, 5) is 54.7. The minimum atomic E-state index is -0.758. The second kappa shape index (κ2) is 13.3. The van der Waals surface area contributed by atoms with E-state index in [4.69, 9.17) is 9.47 Å². The molecule has 1 aliphatic heterocycles. The van der Waals surface area contributed by atoms with Gasteiger partial charge in [0.05, 0.1) is 12.6 Å². The number of esters is 1. The van der Waals surface area contributed by atoms with Crippen LogP contribution in [0.4, 0.5) is 4.79 Å². The zero-order valence-electron chi connectivity index (χ0n) is 24.8. The lowest BCUT2D eigenvalue weighted by atomic mass is 9.84. The van der Waals surface area contributed by atoms with Gasteiger partial charge in [-0.05, 0) is 58.8 Å². The lowest BCUT2D eigenvalue weighted by Crippen LogP contribution is -2.57. The predicted octanol–water partition coefficient (Wildman–Crippen LogP) is 4.16. The standard InChI is InChI=1S/C28H49N3O6/c1-12-36-25(34)19(4)17-21(18(2)3)30(11)24(33)22(27(5,6)7)29-23(32)20-13-15-31(16-14-20)26(35)37-28(8,9)10/h17-18,20-22H,12-16H2,1-11H3,(H,29,32)/b19-17+/t21-,22-/m1/s1. The first kappa shape index (κ1) is 32.4. The van der Waals surface area contributed by atoms with Gasteiger partial charge < -0.3 is 24.6 Å². The molecule has 0 aromatic heterocycles. The number of ether oxygens (including phenoxy) is 2. The Balaban J connectivity index is 2.97. The van der Waals surface area contributed by atoms with Crippen LogP contribution in [0.3, 0.4) is 0 Å². The monoisotopic (exact) mass is 523 g/mol. The second-order valence-corrected chi connectivity index (χ2v) is 12.3. The van der Waals surface area contributed by atoms with E-state index in [9.17, 15) is 19.2 Å². The smallest absolute Gasteiger partial charge is 0.410 e. The number of piperidine rings is 1. The lowest BCUT2D eigenvalue weighted by Gasteiger charge is -2.38. The van der Waals surface area contributed by atoms with Crippen molar-refractivity contribution in [2.75, 3.05) is 26.7 Å². The van der Waals surface area contributed by atoms with Gasteiger partial charge in [-0.25, -0.2) is 9.59 Å². The van der Waals surface area contributed by atoms with Crippen LogP contribution in [-0.2, 0) is 23.9 Å². The normalized spacial score (nSPS) is 17.2. The Morgan fingerprint density at radius 3 is 2.03 bits per heavy atom.